The molecule has 29 heavy (non-hydrogen) atoms. The Labute approximate surface area is 166 Å². The Balaban J connectivity index is 1.76. The van der Waals surface area contributed by atoms with Crippen molar-refractivity contribution in [2.75, 3.05) is 5.32 Å². The first-order valence-corrected chi connectivity index (χ1v) is 9.07. The van der Waals surface area contributed by atoms with Crippen LogP contribution in [0.3, 0.4) is 0 Å². The molecule has 0 spiro atoms. The van der Waals surface area contributed by atoms with E-state index < -0.39 is 28.9 Å². The Hall–Kier alpha value is -3.21. The molecule has 0 aliphatic carbocycles. The average molecular weight is 400 g/mol. The van der Waals surface area contributed by atoms with Crippen LogP contribution < -0.4 is 5.32 Å². The molecule has 2 unspecified atom stereocenters. The van der Waals surface area contributed by atoms with E-state index in [4.69, 9.17) is 6.57 Å². The summed E-state index contributed by atoms with van der Waals surface area (Å²) in [5, 5.41) is 10.8. The third-order valence-corrected chi connectivity index (χ3v) is 4.95. The van der Waals surface area contributed by atoms with Gasteiger partial charge >= 0.3 is 6.18 Å². The summed E-state index contributed by atoms with van der Waals surface area (Å²) >= 11 is 0. The molecule has 0 saturated heterocycles. The molecule has 1 amide bonds. The molecule has 1 aliphatic rings. The van der Waals surface area contributed by atoms with Crippen LogP contribution in [0.5, 0.6) is 0 Å². The molecule has 0 fully saturated rings. The van der Waals surface area contributed by atoms with Gasteiger partial charge in [0.2, 0.25) is 0 Å². The summed E-state index contributed by atoms with van der Waals surface area (Å²) in [4.78, 5) is 15.6. The van der Waals surface area contributed by atoms with Gasteiger partial charge in [0.05, 0.1) is 18.2 Å². The number of carbonyl (C=O) groups excluding carboxylic acids is 1. The van der Waals surface area contributed by atoms with Crippen molar-refractivity contribution in [1.82, 2.24) is 0 Å². The molecule has 0 radical (unpaired) electrons. The summed E-state index contributed by atoms with van der Waals surface area (Å²) < 4.78 is 39.4. The topological polar surface area (TPSA) is 58.2 Å². The lowest BCUT2D eigenvalue weighted by molar-refractivity contribution is -0.136. The van der Waals surface area contributed by atoms with E-state index >= 15 is 0 Å². The molecule has 0 aromatic heterocycles. The number of aryl methyl sites for hydroxylation is 1. The first kappa shape index (κ1) is 20.5. The maximum atomic E-state index is 13.1. The normalized spacial score (nSPS) is 21.0. The van der Waals surface area contributed by atoms with Gasteiger partial charge in [0.1, 0.15) is 0 Å². The molecule has 3 rings (SSSR count). The summed E-state index contributed by atoms with van der Waals surface area (Å²) in [5.41, 5.74) is -0.710. The van der Waals surface area contributed by atoms with Gasteiger partial charge in [-0.3, -0.25) is 4.79 Å². The van der Waals surface area contributed by atoms with Crippen molar-refractivity contribution >= 4 is 17.3 Å². The second-order valence-corrected chi connectivity index (χ2v) is 7.10. The van der Waals surface area contributed by atoms with E-state index in [9.17, 15) is 18.0 Å². The minimum atomic E-state index is -4.69. The van der Waals surface area contributed by atoms with E-state index in [1.807, 2.05) is 24.3 Å². The van der Waals surface area contributed by atoms with Crippen molar-refractivity contribution in [3.63, 3.8) is 0 Å². The van der Waals surface area contributed by atoms with Gasteiger partial charge in [0, 0.05) is 12.1 Å². The summed E-state index contributed by atoms with van der Waals surface area (Å²) in [6.07, 6.45) is -3.46. The Bertz CT molecular complexity index is 992. The SMILES string of the molecule is [C-]#[N+]c1ccc(NC(=O)C2(C)CC(c3ccc(CC)cc3)N=N2)cc1C(F)(F)F. The number of nitrogens with one attached hydrogen (secondary N) is 1. The van der Waals surface area contributed by atoms with Crippen molar-refractivity contribution in [2.45, 2.75) is 44.4 Å². The van der Waals surface area contributed by atoms with Gasteiger partial charge in [-0.15, -0.1) is 0 Å². The van der Waals surface area contributed by atoms with Crippen LogP contribution in [0.15, 0.2) is 52.7 Å². The second-order valence-electron chi connectivity index (χ2n) is 7.10. The van der Waals surface area contributed by atoms with Crippen LogP contribution in [0.1, 0.15) is 43.0 Å². The van der Waals surface area contributed by atoms with Gasteiger partial charge in [-0.1, -0.05) is 37.3 Å². The predicted octanol–water partition coefficient (Wildman–Crippen LogP) is 6.11. The lowest BCUT2D eigenvalue weighted by Crippen LogP contribution is -2.37. The minimum Gasteiger partial charge on any atom is -0.324 e. The second kappa shape index (κ2) is 7.66. The zero-order valence-corrected chi connectivity index (χ0v) is 15.9. The molecule has 0 saturated carbocycles. The van der Waals surface area contributed by atoms with Gasteiger partial charge < -0.3 is 5.32 Å². The van der Waals surface area contributed by atoms with E-state index in [-0.39, 0.29) is 11.7 Å². The van der Waals surface area contributed by atoms with Crippen LogP contribution in [-0.4, -0.2) is 11.4 Å². The Morgan fingerprint density at radius 3 is 2.55 bits per heavy atom. The molecule has 2 aromatic rings. The number of halogens is 3. The average Bonchev–Trinajstić information content (AvgIpc) is 3.11. The van der Waals surface area contributed by atoms with Crippen LogP contribution >= 0.6 is 0 Å². The van der Waals surface area contributed by atoms with Gasteiger partial charge in [-0.2, -0.15) is 23.4 Å². The molecule has 5 nitrogen and oxygen atoms in total. The Morgan fingerprint density at radius 1 is 1.28 bits per heavy atom. The van der Waals surface area contributed by atoms with E-state index in [0.717, 1.165) is 24.1 Å². The number of carbonyl (C=O) groups is 1. The first-order chi connectivity index (χ1) is 13.7. The molecule has 1 N–H and O–H groups in total. The lowest BCUT2D eigenvalue weighted by atomic mass is 9.91. The molecule has 0 bridgehead atoms. The van der Waals surface area contributed by atoms with E-state index in [0.29, 0.717) is 6.42 Å². The van der Waals surface area contributed by atoms with E-state index in [2.05, 4.69) is 27.3 Å². The van der Waals surface area contributed by atoms with Crippen LogP contribution in [0.2, 0.25) is 0 Å². The van der Waals surface area contributed by atoms with Crippen molar-refractivity contribution in [2.24, 2.45) is 10.2 Å². The highest BCUT2D eigenvalue weighted by Gasteiger charge is 2.41. The largest absolute Gasteiger partial charge is 0.407 e. The number of azo groups is 1. The molecular weight excluding hydrogens is 381 g/mol. The number of nitrogens with zero attached hydrogens (tertiary/aromatic N) is 3. The van der Waals surface area contributed by atoms with Crippen molar-refractivity contribution < 1.29 is 18.0 Å². The number of hydrogen-bond donors (Lipinski definition) is 1. The van der Waals surface area contributed by atoms with Crippen LogP contribution in [-0.2, 0) is 17.4 Å². The summed E-state index contributed by atoms with van der Waals surface area (Å²) in [6, 6.07) is 10.7. The zero-order chi connectivity index (χ0) is 21.2. The molecule has 8 heteroatoms. The fraction of sp³-hybridized carbons (Fsp3) is 0.333. The van der Waals surface area contributed by atoms with Crippen molar-refractivity contribution in [3.8, 4) is 0 Å². The summed E-state index contributed by atoms with van der Waals surface area (Å²) in [7, 11) is 0. The van der Waals surface area contributed by atoms with Crippen LogP contribution in [0.4, 0.5) is 24.5 Å². The summed E-state index contributed by atoms with van der Waals surface area (Å²) in [6.45, 7) is 10.5. The Morgan fingerprint density at radius 2 is 1.97 bits per heavy atom. The highest BCUT2D eigenvalue weighted by Crippen LogP contribution is 2.40. The first-order valence-electron chi connectivity index (χ1n) is 9.07. The molecule has 2 atom stereocenters. The summed E-state index contributed by atoms with van der Waals surface area (Å²) in [5.74, 6) is -0.544. The molecule has 150 valence electrons. The fourth-order valence-corrected chi connectivity index (χ4v) is 3.16. The molecule has 1 aliphatic heterocycles. The number of rotatable bonds is 4. The van der Waals surface area contributed by atoms with Gasteiger partial charge in [0.15, 0.2) is 11.2 Å². The predicted molar refractivity (Wildman–Crippen MR) is 103 cm³/mol. The fourth-order valence-electron chi connectivity index (χ4n) is 3.16. The van der Waals surface area contributed by atoms with E-state index in [1.165, 1.54) is 11.6 Å². The quantitative estimate of drug-likeness (QED) is 0.618. The van der Waals surface area contributed by atoms with Gasteiger partial charge in [-0.05, 0) is 36.6 Å². The molecular formula is C21H19F3N4O. The maximum Gasteiger partial charge on any atom is 0.407 e. The lowest BCUT2D eigenvalue weighted by Gasteiger charge is -2.20. The number of benzene rings is 2. The van der Waals surface area contributed by atoms with Crippen LogP contribution in [0, 0.1) is 6.57 Å². The zero-order valence-electron chi connectivity index (χ0n) is 15.9. The Kier molecular flexibility index (Phi) is 5.42. The maximum absolute atomic E-state index is 13.1. The highest BCUT2D eigenvalue weighted by atomic mass is 19.4. The minimum absolute atomic E-state index is 0.0399. The van der Waals surface area contributed by atoms with Crippen LogP contribution in [0.25, 0.3) is 4.85 Å². The van der Waals surface area contributed by atoms with Crippen molar-refractivity contribution in [3.05, 3.63) is 70.6 Å². The number of anilines is 1. The number of amides is 1. The van der Waals surface area contributed by atoms with Gasteiger partial charge in [-0.25, -0.2) is 4.85 Å². The smallest absolute Gasteiger partial charge is 0.324 e. The number of alkyl halides is 3. The highest BCUT2D eigenvalue weighted by molar-refractivity contribution is 5.98. The monoisotopic (exact) mass is 400 g/mol. The molecule has 1 heterocycles. The van der Waals surface area contributed by atoms with Gasteiger partial charge in [0.25, 0.3) is 5.91 Å². The third-order valence-electron chi connectivity index (χ3n) is 4.95. The van der Waals surface area contributed by atoms with Crippen molar-refractivity contribution in [1.29, 1.82) is 0 Å². The third kappa shape index (κ3) is 4.29. The molecule has 2 aromatic carbocycles. The van der Waals surface area contributed by atoms with E-state index in [1.54, 1.807) is 6.92 Å². The standard InChI is InChI=1S/C21H19F3N4O/c1-4-13-5-7-14(8-6-13)18-12-20(2,28-27-18)19(29)26-15-9-10-17(25-3)16(11-15)21(22,23)24/h5-11,18H,4,12H2,1-2H3,(H,26,29). The number of hydrogen-bond acceptors (Lipinski definition) is 3.